The van der Waals surface area contributed by atoms with E-state index in [-0.39, 0.29) is 34.6 Å². The second-order valence-corrected chi connectivity index (χ2v) is 8.67. The Morgan fingerprint density at radius 2 is 1.81 bits per heavy atom. The number of rotatable bonds is 4. The number of carbonyl (C=O) groups excluding carboxylic acids is 2. The highest BCUT2D eigenvalue weighted by molar-refractivity contribution is 7.89. The molecule has 2 aliphatic rings. The summed E-state index contributed by atoms with van der Waals surface area (Å²) in [7, 11) is -2.36. The minimum Gasteiger partial charge on any atom is -0.495 e. The Balaban J connectivity index is 1.93. The third-order valence-electron chi connectivity index (χ3n) is 4.92. The number of piperazine rings is 1. The molecule has 0 radical (unpaired) electrons. The molecule has 0 bridgehead atoms. The van der Waals surface area contributed by atoms with Crippen molar-refractivity contribution in [2.45, 2.75) is 30.6 Å². The number of nitrogens with one attached hydrogen (secondary N) is 1. The van der Waals surface area contributed by atoms with E-state index in [1.165, 1.54) is 34.5 Å². The third-order valence-corrected chi connectivity index (χ3v) is 6.84. The Morgan fingerprint density at radius 1 is 1.11 bits per heavy atom. The Kier molecular flexibility index (Phi) is 6.01. The molecule has 148 valence electrons. The van der Waals surface area contributed by atoms with E-state index in [2.05, 4.69) is 5.32 Å². The molecule has 8 nitrogen and oxygen atoms in total. The zero-order valence-corrected chi connectivity index (χ0v) is 16.3. The predicted octanol–water partition coefficient (Wildman–Crippen LogP) is 0.832. The van der Waals surface area contributed by atoms with Crippen molar-refractivity contribution in [3.8, 4) is 5.75 Å². The first kappa shape index (κ1) is 19.6. The quantitative estimate of drug-likeness (QED) is 0.815. The van der Waals surface area contributed by atoms with E-state index < -0.39 is 10.0 Å². The van der Waals surface area contributed by atoms with Gasteiger partial charge < -0.3 is 15.0 Å². The third kappa shape index (κ3) is 4.24. The summed E-state index contributed by atoms with van der Waals surface area (Å²) in [5, 5.41) is 2.67. The molecule has 0 spiro atoms. The number of hydrogen-bond acceptors (Lipinski definition) is 5. The molecule has 2 fully saturated rings. The lowest BCUT2D eigenvalue weighted by Gasteiger charge is -2.27. The average molecular weight is 395 g/mol. The molecule has 2 saturated heterocycles. The van der Waals surface area contributed by atoms with Crippen LogP contribution in [0.1, 0.15) is 36.0 Å². The van der Waals surface area contributed by atoms with E-state index in [0.29, 0.717) is 26.2 Å². The SMILES string of the molecule is COc1ccc(C(=O)N2CCNC(=O)C2)cc1S(=O)(=O)N1CCCCCC1. The molecule has 2 aliphatic heterocycles. The van der Waals surface area contributed by atoms with Crippen LogP contribution in [0.25, 0.3) is 0 Å². The summed E-state index contributed by atoms with van der Waals surface area (Å²) in [5.41, 5.74) is 0.235. The molecular formula is C18H25N3O5S. The van der Waals surface area contributed by atoms with Crippen molar-refractivity contribution in [2.75, 3.05) is 39.8 Å². The van der Waals surface area contributed by atoms with E-state index in [0.717, 1.165) is 25.7 Å². The fraction of sp³-hybridized carbons (Fsp3) is 0.556. The average Bonchev–Trinajstić information content (AvgIpc) is 2.97. The molecule has 27 heavy (non-hydrogen) atoms. The lowest BCUT2D eigenvalue weighted by Crippen LogP contribution is -2.50. The summed E-state index contributed by atoms with van der Waals surface area (Å²) in [4.78, 5) is 25.7. The van der Waals surface area contributed by atoms with Gasteiger partial charge in [-0.2, -0.15) is 4.31 Å². The Bertz CT molecular complexity index is 816. The maximum Gasteiger partial charge on any atom is 0.254 e. The minimum atomic E-state index is -3.77. The van der Waals surface area contributed by atoms with Crippen LogP contribution in [0.15, 0.2) is 23.1 Å². The number of nitrogens with zero attached hydrogens (tertiary/aromatic N) is 2. The second kappa shape index (κ2) is 8.26. The van der Waals surface area contributed by atoms with E-state index >= 15 is 0 Å². The summed E-state index contributed by atoms with van der Waals surface area (Å²) >= 11 is 0. The van der Waals surface area contributed by atoms with Gasteiger partial charge in [-0.25, -0.2) is 8.42 Å². The summed E-state index contributed by atoms with van der Waals surface area (Å²) in [6.45, 7) is 1.69. The van der Waals surface area contributed by atoms with Crippen molar-refractivity contribution in [3.05, 3.63) is 23.8 Å². The fourth-order valence-corrected chi connectivity index (χ4v) is 5.13. The van der Waals surface area contributed by atoms with Gasteiger partial charge in [0, 0.05) is 31.7 Å². The molecule has 1 aromatic carbocycles. The summed E-state index contributed by atoms with van der Waals surface area (Å²) < 4.78 is 33.1. The maximum absolute atomic E-state index is 13.2. The van der Waals surface area contributed by atoms with Gasteiger partial charge in [0.2, 0.25) is 15.9 Å². The molecule has 0 atom stereocenters. The van der Waals surface area contributed by atoms with Crippen LogP contribution >= 0.6 is 0 Å². The van der Waals surface area contributed by atoms with Crippen molar-refractivity contribution >= 4 is 21.8 Å². The van der Waals surface area contributed by atoms with Gasteiger partial charge in [-0.1, -0.05) is 12.8 Å². The van der Waals surface area contributed by atoms with Crippen molar-refractivity contribution < 1.29 is 22.7 Å². The van der Waals surface area contributed by atoms with E-state index in [1.54, 1.807) is 0 Å². The van der Waals surface area contributed by atoms with Crippen molar-refractivity contribution in [1.82, 2.24) is 14.5 Å². The van der Waals surface area contributed by atoms with E-state index in [9.17, 15) is 18.0 Å². The largest absolute Gasteiger partial charge is 0.495 e. The molecule has 0 saturated carbocycles. The summed E-state index contributed by atoms with van der Waals surface area (Å²) in [6.07, 6.45) is 3.67. The zero-order valence-electron chi connectivity index (χ0n) is 15.4. The number of ether oxygens (including phenoxy) is 1. The number of carbonyl (C=O) groups is 2. The van der Waals surface area contributed by atoms with Crippen LogP contribution in [-0.4, -0.2) is 69.3 Å². The van der Waals surface area contributed by atoms with Crippen LogP contribution in [0, 0.1) is 0 Å². The van der Waals surface area contributed by atoms with Gasteiger partial charge in [0.15, 0.2) is 0 Å². The summed E-state index contributed by atoms with van der Waals surface area (Å²) in [5.74, 6) is -0.368. The Morgan fingerprint density at radius 3 is 2.44 bits per heavy atom. The van der Waals surface area contributed by atoms with Gasteiger partial charge in [0.1, 0.15) is 10.6 Å². The highest BCUT2D eigenvalue weighted by Gasteiger charge is 2.30. The fourth-order valence-electron chi connectivity index (χ4n) is 3.43. The lowest BCUT2D eigenvalue weighted by molar-refractivity contribution is -0.123. The van der Waals surface area contributed by atoms with Gasteiger partial charge in [-0.15, -0.1) is 0 Å². The standard InChI is InChI=1S/C18H25N3O5S/c1-26-15-7-6-14(18(23)20-11-8-19-17(22)13-20)12-16(15)27(24,25)21-9-4-2-3-5-10-21/h6-7,12H,2-5,8-11,13H2,1H3,(H,19,22). The van der Waals surface area contributed by atoms with Crippen LogP contribution in [-0.2, 0) is 14.8 Å². The predicted molar refractivity (Wildman–Crippen MR) is 99.1 cm³/mol. The molecule has 2 heterocycles. The zero-order chi connectivity index (χ0) is 19.4. The number of methoxy groups -OCH3 is 1. The highest BCUT2D eigenvalue weighted by Crippen LogP contribution is 2.29. The second-order valence-electron chi connectivity index (χ2n) is 6.76. The number of benzene rings is 1. The molecule has 1 aromatic rings. The Labute approximate surface area is 159 Å². The van der Waals surface area contributed by atoms with Gasteiger partial charge in [0.05, 0.1) is 13.7 Å². The van der Waals surface area contributed by atoms with Gasteiger partial charge in [0.25, 0.3) is 5.91 Å². The number of hydrogen-bond donors (Lipinski definition) is 1. The van der Waals surface area contributed by atoms with E-state index in [1.807, 2.05) is 0 Å². The van der Waals surface area contributed by atoms with Crippen LogP contribution in [0.5, 0.6) is 5.75 Å². The highest BCUT2D eigenvalue weighted by atomic mass is 32.2. The van der Waals surface area contributed by atoms with Crippen molar-refractivity contribution in [2.24, 2.45) is 0 Å². The van der Waals surface area contributed by atoms with Gasteiger partial charge in [-0.3, -0.25) is 9.59 Å². The van der Waals surface area contributed by atoms with Crippen LogP contribution < -0.4 is 10.1 Å². The molecule has 0 aliphatic carbocycles. The van der Waals surface area contributed by atoms with Crippen molar-refractivity contribution in [1.29, 1.82) is 0 Å². The van der Waals surface area contributed by atoms with Crippen LogP contribution in [0.2, 0.25) is 0 Å². The van der Waals surface area contributed by atoms with Gasteiger partial charge >= 0.3 is 0 Å². The molecule has 1 N–H and O–H groups in total. The van der Waals surface area contributed by atoms with Crippen molar-refractivity contribution in [3.63, 3.8) is 0 Å². The van der Waals surface area contributed by atoms with E-state index in [4.69, 9.17) is 4.74 Å². The molecule has 9 heteroatoms. The molecule has 0 unspecified atom stereocenters. The topological polar surface area (TPSA) is 96.0 Å². The van der Waals surface area contributed by atoms with Gasteiger partial charge in [-0.05, 0) is 31.0 Å². The first-order valence-corrected chi connectivity index (χ1v) is 10.6. The first-order chi connectivity index (χ1) is 12.9. The Hall–Kier alpha value is -2.13. The smallest absolute Gasteiger partial charge is 0.254 e. The summed E-state index contributed by atoms with van der Waals surface area (Å²) in [6, 6.07) is 4.41. The van der Waals surface area contributed by atoms with Crippen LogP contribution in [0.3, 0.4) is 0 Å². The first-order valence-electron chi connectivity index (χ1n) is 9.17. The molecule has 2 amide bonds. The molecule has 3 rings (SSSR count). The molecular weight excluding hydrogens is 370 g/mol. The van der Waals surface area contributed by atoms with Crippen LogP contribution in [0.4, 0.5) is 0 Å². The normalized spacial score (nSPS) is 19.3. The maximum atomic E-state index is 13.2. The minimum absolute atomic E-state index is 0.000731. The monoisotopic (exact) mass is 395 g/mol. The number of amides is 2. The number of sulfonamides is 1. The molecule has 0 aromatic heterocycles. The lowest BCUT2D eigenvalue weighted by atomic mass is 10.1.